The molecule has 0 saturated heterocycles. The van der Waals surface area contributed by atoms with Crippen molar-refractivity contribution < 1.29 is 9.18 Å². The molecule has 1 aromatic rings. The van der Waals surface area contributed by atoms with Crippen molar-refractivity contribution in [2.45, 2.75) is 18.8 Å². The summed E-state index contributed by atoms with van der Waals surface area (Å²) in [5.74, 6) is -0.578. The van der Waals surface area contributed by atoms with Crippen molar-refractivity contribution in [3.63, 3.8) is 0 Å². The normalized spacial score (nSPS) is 21.4. The van der Waals surface area contributed by atoms with Crippen LogP contribution in [0.5, 0.6) is 0 Å². The van der Waals surface area contributed by atoms with Gasteiger partial charge in [0.05, 0.1) is 0 Å². The molecule has 1 atom stereocenters. The molecule has 0 N–H and O–H groups in total. The van der Waals surface area contributed by atoms with Crippen molar-refractivity contribution in [1.82, 2.24) is 0 Å². The second-order valence-corrected chi connectivity index (χ2v) is 3.60. The lowest BCUT2D eigenvalue weighted by molar-refractivity contribution is -0.125. The van der Waals surface area contributed by atoms with E-state index >= 15 is 0 Å². The van der Waals surface area contributed by atoms with E-state index in [9.17, 15) is 9.18 Å². The van der Waals surface area contributed by atoms with Crippen LogP contribution in [-0.4, -0.2) is 5.78 Å². The molecule has 1 saturated carbocycles. The number of hydrogen-bond acceptors (Lipinski definition) is 1. The fourth-order valence-electron chi connectivity index (χ4n) is 1.56. The van der Waals surface area contributed by atoms with Crippen LogP contribution < -0.4 is 0 Å². The van der Waals surface area contributed by atoms with E-state index in [2.05, 4.69) is 0 Å². The maximum Gasteiger partial charge on any atom is 0.140 e. The quantitative estimate of drug-likeness (QED) is 0.678. The average molecular weight is 199 g/mol. The van der Waals surface area contributed by atoms with Crippen LogP contribution in [-0.2, 0) is 4.79 Å². The average Bonchev–Trinajstić information content (AvgIpc) is 2.09. The smallest absolute Gasteiger partial charge is 0.140 e. The summed E-state index contributed by atoms with van der Waals surface area (Å²) in [6.07, 6.45) is 1.27. The van der Waals surface area contributed by atoms with Crippen LogP contribution in [0.25, 0.3) is 0 Å². The number of halogens is 2. The number of benzene rings is 1. The third-order valence-corrected chi connectivity index (χ3v) is 2.75. The Labute approximate surface area is 80.5 Å². The van der Waals surface area contributed by atoms with Crippen LogP contribution in [0.2, 0.25) is 5.02 Å². The van der Waals surface area contributed by atoms with Gasteiger partial charge in [-0.25, -0.2) is 4.39 Å². The first-order chi connectivity index (χ1) is 6.20. The molecule has 2 rings (SSSR count). The molecule has 0 radical (unpaired) electrons. The van der Waals surface area contributed by atoms with Crippen LogP contribution in [0.1, 0.15) is 24.3 Å². The third-order valence-electron chi connectivity index (χ3n) is 2.42. The van der Waals surface area contributed by atoms with Crippen LogP contribution in [0.15, 0.2) is 18.2 Å². The van der Waals surface area contributed by atoms with Crippen LogP contribution >= 0.6 is 11.6 Å². The maximum atomic E-state index is 13.3. The molecule has 1 unspecified atom stereocenters. The number of carbonyl (C=O) groups is 1. The molecule has 1 nitrogen and oxygen atoms in total. The number of ketones is 1. The van der Waals surface area contributed by atoms with Crippen LogP contribution in [0.4, 0.5) is 4.39 Å². The van der Waals surface area contributed by atoms with E-state index in [0.29, 0.717) is 17.0 Å². The zero-order valence-electron chi connectivity index (χ0n) is 6.89. The Balaban J connectivity index is 2.44. The molecule has 1 fully saturated rings. The highest BCUT2D eigenvalue weighted by Crippen LogP contribution is 2.38. The highest BCUT2D eigenvalue weighted by atomic mass is 35.5. The SMILES string of the molecule is O=C1CCC1c1c(F)cccc1Cl. The van der Waals surface area contributed by atoms with E-state index in [4.69, 9.17) is 11.6 Å². The van der Waals surface area contributed by atoms with Crippen molar-refractivity contribution in [3.05, 3.63) is 34.6 Å². The summed E-state index contributed by atoms with van der Waals surface area (Å²) in [5, 5.41) is 0.359. The van der Waals surface area contributed by atoms with E-state index in [0.717, 1.165) is 6.42 Å². The van der Waals surface area contributed by atoms with Gasteiger partial charge in [-0.3, -0.25) is 4.79 Å². The minimum atomic E-state index is -0.370. The van der Waals surface area contributed by atoms with Crippen molar-refractivity contribution in [1.29, 1.82) is 0 Å². The summed E-state index contributed by atoms with van der Waals surface area (Å²) in [6, 6.07) is 4.50. The summed E-state index contributed by atoms with van der Waals surface area (Å²) >= 11 is 5.81. The monoisotopic (exact) mass is 198 g/mol. The minimum absolute atomic E-state index is 0.0898. The molecular formula is C10H8ClFO. The first-order valence-electron chi connectivity index (χ1n) is 4.17. The zero-order valence-corrected chi connectivity index (χ0v) is 7.64. The van der Waals surface area contributed by atoms with E-state index in [1.165, 1.54) is 6.07 Å². The van der Waals surface area contributed by atoms with Gasteiger partial charge >= 0.3 is 0 Å². The predicted octanol–water partition coefficient (Wildman–Crippen LogP) is 2.93. The second-order valence-electron chi connectivity index (χ2n) is 3.19. The molecule has 0 bridgehead atoms. The molecule has 0 amide bonds. The Bertz CT molecular complexity index is 342. The van der Waals surface area contributed by atoms with E-state index < -0.39 is 0 Å². The zero-order chi connectivity index (χ0) is 9.42. The summed E-state index contributed by atoms with van der Waals surface area (Å²) in [4.78, 5) is 11.1. The van der Waals surface area contributed by atoms with Gasteiger partial charge in [-0.15, -0.1) is 0 Å². The lowest BCUT2D eigenvalue weighted by Gasteiger charge is -2.25. The Kier molecular flexibility index (Phi) is 2.08. The summed E-state index contributed by atoms with van der Waals surface area (Å²) in [5.41, 5.74) is 0.375. The van der Waals surface area contributed by atoms with Gasteiger partial charge < -0.3 is 0 Å². The van der Waals surface area contributed by atoms with Crippen LogP contribution in [0, 0.1) is 5.82 Å². The Morgan fingerprint density at radius 3 is 2.69 bits per heavy atom. The topological polar surface area (TPSA) is 17.1 Å². The van der Waals surface area contributed by atoms with E-state index in [1.807, 2.05) is 0 Å². The van der Waals surface area contributed by atoms with E-state index in [-0.39, 0.29) is 17.5 Å². The number of rotatable bonds is 1. The van der Waals surface area contributed by atoms with Gasteiger partial charge in [0, 0.05) is 22.9 Å². The Hall–Kier alpha value is -0.890. The van der Waals surface area contributed by atoms with Gasteiger partial charge in [0.25, 0.3) is 0 Å². The maximum absolute atomic E-state index is 13.3. The first kappa shape index (κ1) is 8.70. The Morgan fingerprint density at radius 1 is 1.46 bits per heavy atom. The molecule has 3 heteroatoms. The molecule has 68 valence electrons. The summed E-state index contributed by atoms with van der Waals surface area (Å²) in [7, 11) is 0. The third kappa shape index (κ3) is 1.35. The molecule has 1 aliphatic rings. The lowest BCUT2D eigenvalue weighted by atomic mass is 9.78. The molecule has 0 aliphatic heterocycles. The minimum Gasteiger partial charge on any atom is -0.299 e. The Morgan fingerprint density at radius 2 is 2.23 bits per heavy atom. The second kappa shape index (κ2) is 3.11. The molecule has 1 aliphatic carbocycles. The fraction of sp³-hybridized carbons (Fsp3) is 0.300. The van der Waals surface area contributed by atoms with Crippen molar-refractivity contribution in [2.24, 2.45) is 0 Å². The molecule has 0 spiro atoms. The highest BCUT2D eigenvalue weighted by molar-refractivity contribution is 6.31. The van der Waals surface area contributed by atoms with Gasteiger partial charge in [0.2, 0.25) is 0 Å². The van der Waals surface area contributed by atoms with Crippen molar-refractivity contribution in [3.8, 4) is 0 Å². The van der Waals surface area contributed by atoms with Crippen molar-refractivity contribution >= 4 is 17.4 Å². The number of Topliss-reactive ketones (excluding diaryl/α,β-unsaturated/α-hetero) is 1. The molecule has 0 aromatic heterocycles. The number of carbonyl (C=O) groups excluding carboxylic acids is 1. The predicted molar refractivity (Wildman–Crippen MR) is 48.4 cm³/mol. The molecule has 13 heavy (non-hydrogen) atoms. The first-order valence-corrected chi connectivity index (χ1v) is 4.54. The molecule has 0 heterocycles. The van der Waals surface area contributed by atoms with Gasteiger partial charge in [-0.1, -0.05) is 17.7 Å². The summed E-state index contributed by atoms with van der Waals surface area (Å²) < 4.78 is 13.3. The van der Waals surface area contributed by atoms with Gasteiger partial charge in [0.15, 0.2) is 0 Å². The van der Waals surface area contributed by atoms with Gasteiger partial charge in [-0.05, 0) is 18.6 Å². The lowest BCUT2D eigenvalue weighted by Crippen LogP contribution is -2.24. The van der Waals surface area contributed by atoms with Crippen LogP contribution in [0.3, 0.4) is 0 Å². The molecular weight excluding hydrogens is 191 g/mol. The van der Waals surface area contributed by atoms with Crippen molar-refractivity contribution in [2.75, 3.05) is 0 Å². The highest BCUT2D eigenvalue weighted by Gasteiger charge is 2.33. The summed E-state index contributed by atoms with van der Waals surface area (Å²) in [6.45, 7) is 0. The van der Waals surface area contributed by atoms with Gasteiger partial charge in [-0.2, -0.15) is 0 Å². The molecule has 1 aromatic carbocycles. The fourth-order valence-corrected chi connectivity index (χ4v) is 1.85. The largest absolute Gasteiger partial charge is 0.299 e. The van der Waals surface area contributed by atoms with E-state index in [1.54, 1.807) is 12.1 Å². The standard InChI is InChI=1S/C10H8ClFO/c11-7-2-1-3-8(12)10(7)6-4-5-9(6)13/h1-3,6H,4-5H2. The van der Waals surface area contributed by atoms with Gasteiger partial charge in [0.1, 0.15) is 11.6 Å². The number of hydrogen-bond donors (Lipinski definition) is 0.